The van der Waals surface area contributed by atoms with Crippen LogP contribution in [0.1, 0.15) is 36.6 Å². The van der Waals surface area contributed by atoms with Gasteiger partial charge in [0.05, 0.1) is 45.7 Å². The highest BCUT2D eigenvalue weighted by atomic mass is 127. The van der Waals surface area contributed by atoms with Crippen molar-refractivity contribution in [3.8, 4) is 23.3 Å². The summed E-state index contributed by atoms with van der Waals surface area (Å²) in [6.07, 6.45) is 1.76. The summed E-state index contributed by atoms with van der Waals surface area (Å²) in [5, 5.41) is 8.95. The molecule has 4 aromatic rings. The predicted octanol–water partition coefficient (Wildman–Crippen LogP) is 4.85. The summed E-state index contributed by atoms with van der Waals surface area (Å²) < 4.78 is 24.9. The Kier molecular flexibility index (Phi) is 9.82. The lowest BCUT2D eigenvalue weighted by atomic mass is 9.93. The van der Waals surface area contributed by atoms with Gasteiger partial charge in [-0.1, -0.05) is 53.8 Å². The highest BCUT2D eigenvalue weighted by molar-refractivity contribution is 14.1. The molecule has 0 amide bonds. The van der Waals surface area contributed by atoms with Crippen LogP contribution in [-0.2, 0) is 9.53 Å². The number of fused-ring (bicyclic) bond motifs is 1. The van der Waals surface area contributed by atoms with E-state index in [1.165, 1.54) is 18.4 Å². The number of hydrogen-bond acceptors (Lipinski definition) is 9. The van der Waals surface area contributed by atoms with Gasteiger partial charge in [0.2, 0.25) is 0 Å². The van der Waals surface area contributed by atoms with Crippen LogP contribution in [0.5, 0.6) is 17.2 Å². The Balaban J connectivity index is 1.76. The molecule has 0 radical (unpaired) electrons. The fourth-order valence-corrected chi connectivity index (χ4v) is 6.67. The van der Waals surface area contributed by atoms with Crippen molar-refractivity contribution in [2.75, 3.05) is 26.9 Å². The Morgan fingerprint density at radius 2 is 1.84 bits per heavy atom. The molecule has 2 heterocycles. The van der Waals surface area contributed by atoms with E-state index in [1.807, 2.05) is 73.7 Å². The lowest BCUT2D eigenvalue weighted by molar-refractivity contribution is -0.138. The van der Waals surface area contributed by atoms with Crippen molar-refractivity contribution in [1.82, 2.24) is 4.57 Å². The first kappa shape index (κ1) is 31.0. The maximum atomic E-state index is 14.2. The molecular weight excluding hydrogens is 693 g/mol. The second-order valence-electron chi connectivity index (χ2n) is 9.41. The Bertz CT molecular complexity index is 1940. The second-order valence-corrected chi connectivity index (χ2v) is 11.6. The Labute approximate surface area is 271 Å². The summed E-state index contributed by atoms with van der Waals surface area (Å²) in [5.41, 5.74) is 2.56. The number of carbonyl (C=O) groups is 1. The number of nitrogens with zero attached hydrogens (tertiary/aromatic N) is 3. The number of methoxy groups -OCH3 is 1. The number of ether oxygens (including phenoxy) is 4. The molecule has 0 fully saturated rings. The Hall–Kier alpha value is -4.41. The van der Waals surface area contributed by atoms with Crippen LogP contribution < -0.4 is 29.1 Å². The first-order valence-corrected chi connectivity index (χ1v) is 15.7. The molecule has 0 saturated heterocycles. The summed E-state index contributed by atoms with van der Waals surface area (Å²) in [5.74, 6) is 1.03. The molecule has 224 valence electrons. The molecule has 0 N–H and O–H groups in total. The minimum atomic E-state index is -0.797. The van der Waals surface area contributed by atoms with Gasteiger partial charge in [0.25, 0.3) is 5.56 Å². The zero-order valence-corrected chi connectivity index (χ0v) is 27.2. The third kappa shape index (κ3) is 6.27. The van der Waals surface area contributed by atoms with Gasteiger partial charge in [0, 0.05) is 5.56 Å². The van der Waals surface area contributed by atoms with Crippen molar-refractivity contribution in [1.29, 1.82) is 5.26 Å². The second kappa shape index (κ2) is 13.9. The Morgan fingerprint density at radius 1 is 1.09 bits per heavy atom. The van der Waals surface area contributed by atoms with Gasteiger partial charge >= 0.3 is 5.97 Å². The number of aromatic nitrogens is 1. The maximum Gasteiger partial charge on any atom is 0.338 e. The van der Waals surface area contributed by atoms with Crippen LogP contribution in [0, 0.1) is 14.9 Å². The van der Waals surface area contributed by atoms with E-state index < -0.39 is 12.0 Å². The van der Waals surface area contributed by atoms with Gasteiger partial charge in [-0.25, -0.2) is 9.79 Å². The standard InChI is InChI=1S/C33H28IN3O6S/c1-4-41-23-13-11-22(12-14-23)29-27(32(39)42-5-2)28(21-9-7-6-8-10-21)36-33-37(29)31(38)26(44-33)19-20-17-24(34)30(43-16-15-35)25(18-20)40-3/h6-14,17-19,29H,4-5,16H2,1-3H3/b26-19-/t29-/m0/s1. The minimum absolute atomic E-state index is 0.123. The van der Waals surface area contributed by atoms with E-state index in [-0.39, 0.29) is 24.3 Å². The van der Waals surface area contributed by atoms with Crippen molar-refractivity contribution in [2.24, 2.45) is 4.99 Å². The van der Waals surface area contributed by atoms with Gasteiger partial charge in [0.1, 0.15) is 11.8 Å². The van der Waals surface area contributed by atoms with Crippen LogP contribution in [0.2, 0.25) is 0 Å². The van der Waals surface area contributed by atoms with Crippen LogP contribution in [0.4, 0.5) is 0 Å². The molecule has 9 nitrogen and oxygen atoms in total. The smallest absolute Gasteiger partial charge is 0.338 e. The molecule has 1 aliphatic rings. The lowest BCUT2D eigenvalue weighted by Crippen LogP contribution is -2.40. The first-order chi connectivity index (χ1) is 21.4. The first-order valence-electron chi connectivity index (χ1n) is 13.8. The van der Waals surface area contributed by atoms with Gasteiger partial charge in [0.15, 0.2) is 22.9 Å². The van der Waals surface area contributed by atoms with E-state index in [2.05, 4.69) is 22.6 Å². The van der Waals surface area contributed by atoms with Crippen molar-refractivity contribution < 1.29 is 23.7 Å². The van der Waals surface area contributed by atoms with Crippen molar-refractivity contribution in [3.05, 3.63) is 112 Å². The number of esters is 1. The van der Waals surface area contributed by atoms with Crippen LogP contribution in [0.3, 0.4) is 0 Å². The van der Waals surface area contributed by atoms with Crippen molar-refractivity contribution in [2.45, 2.75) is 19.9 Å². The molecule has 3 aromatic carbocycles. The number of nitriles is 1. The highest BCUT2D eigenvalue weighted by Crippen LogP contribution is 2.36. The maximum absolute atomic E-state index is 14.2. The van der Waals surface area contributed by atoms with Gasteiger partial charge in [-0.05, 0) is 77.9 Å². The van der Waals surface area contributed by atoms with Gasteiger partial charge < -0.3 is 18.9 Å². The van der Waals surface area contributed by atoms with E-state index in [1.54, 1.807) is 23.6 Å². The van der Waals surface area contributed by atoms with E-state index in [0.717, 1.165) is 9.13 Å². The fraction of sp³-hybridized carbons (Fsp3) is 0.212. The van der Waals surface area contributed by atoms with Crippen LogP contribution in [-0.4, -0.2) is 37.5 Å². The molecule has 11 heteroatoms. The summed E-state index contributed by atoms with van der Waals surface area (Å²) in [4.78, 5) is 33.1. The topological polar surface area (TPSA) is 112 Å². The number of hydrogen-bond donors (Lipinski definition) is 0. The molecule has 44 heavy (non-hydrogen) atoms. The van der Waals surface area contributed by atoms with Crippen molar-refractivity contribution >= 4 is 51.7 Å². The molecule has 1 aromatic heterocycles. The quantitative estimate of drug-likeness (QED) is 0.170. The van der Waals surface area contributed by atoms with E-state index >= 15 is 0 Å². The van der Waals surface area contributed by atoms with Gasteiger partial charge in [-0.3, -0.25) is 9.36 Å². The fourth-order valence-electron chi connectivity index (χ4n) is 4.89. The van der Waals surface area contributed by atoms with Crippen LogP contribution in [0.25, 0.3) is 11.8 Å². The molecule has 0 spiro atoms. The van der Waals surface area contributed by atoms with E-state index in [0.29, 0.717) is 50.0 Å². The monoisotopic (exact) mass is 721 g/mol. The average molecular weight is 722 g/mol. The normalized spacial score (nSPS) is 14.3. The molecule has 0 unspecified atom stereocenters. The molecule has 5 rings (SSSR count). The number of thiazole rings is 1. The highest BCUT2D eigenvalue weighted by Gasteiger charge is 2.35. The molecule has 0 bridgehead atoms. The molecule has 1 aliphatic heterocycles. The third-order valence-electron chi connectivity index (χ3n) is 6.71. The number of carbonyl (C=O) groups excluding carboxylic acids is 1. The summed E-state index contributed by atoms with van der Waals surface area (Å²) in [6, 6.07) is 21.5. The summed E-state index contributed by atoms with van der Waals surface area (Å²) in [7, 11) is 1.52. The minimum Gasteiger partial charge on any atom is -0.494 e. The lowest BCUT2D eigenvalue weighted by Gasteiger charge is -2.26. The molecule has 0 saturated carbocycles. The third-order valence-corrected chi connectivity index (χ3v) is 8.50. The SMILES string of the molecule is CCOC(=O)C1=C(c2ccccc2)N=c2s/c(=C\c3cc(I)c(OCC#N)c(OC)c3)c(=O)n2[C@H]1c1ccc(OCC)cc1. The number of halogens is 1. The zero-order valence-electron chi connectivity index (χ0n) is 24.2. The van der Waals surface area contributed by atoms with E-state index in [4.69, 9.17) is 29.2 Å². The number of benzene rings is 3. The van der Waals surface area contributed by atoms with E-state index in [9.17, 15) is 9.59 Å². The van der Waals surface area contributed by atoms with Crippen LogP contribution in [0.15, 0.2) is 82.1 Å². The van der Waals surface area contributed by atoms with Crippen LogP contribution >= 0.6 is 33.9 Å². The van der Waals surface area contributed by atoms with Gasteiger partial charge in [-0.2, -0.15) is 5.26 Å². The van der Waals surface area contributed by atoms with Crippen molar-refractivity contribution in [3.63, 3.8) is 0 Å². The van der Waals surface area contributed by atoms with Gasteiger partial charge in [-0.15, -0.1) is 0 Å². The predicted molar refractivity (Wildman–Crippen MR) is 175 cm³/mol. The molecular formula is C33H28IN3O6S. The molecule has 1 atom stereocenters. The largest absolute Gasteiger partial charge is 0.494 e. The number of rotatable bonds is 10. The molecule has 0 aliphatic carbocycles. The average Bonchev–Trinajstić information content (AvgIpc) is 3.34. The zero-order chi connectivity index (χ0) is 31.2. The Morgan fingerprint density at radius 3 is 2.50 bits per heavy atom. The summed E-state index contributed by atoms with van der Waals surface area (Å²) in [6.45, 7) is 4.20. The summed E-state index contributed by atoms with van der Waals surface area (Å²) >= 11 is 3.34.